The maximum absolute atomic E-state index is 2.59. The van der Waals surface area contributed by atoms with E-state index >= 15 is 0 Å². The van der Waals surface area contributed by atoms with Gasteiger partial charge in [0, 0.05) is 0 Å². The first-order chi connectivity index (χ1) is 10.4. The summed E-state index contributed by atoms with van der Waals surface area (Å²) in [5, 5.41) is 0. The molecule has 1 fully saturated rings. The van der Waals surface area contributed by atoms with Crippen LogP contribution in [-0.4, -0.2) is 31.7 Å². The van der Waals surface area contributed by atoms with E-state index in [-0.39, 0.29) is 0 Å². The van der Waals surface area contributed by atoms with E-state index in [4.69, 9.17) is 0 Å². The van der Waals surface area contributed by atoms with Crippen LogP contribution in [-0.2, 0) is 0 Å². The Bertz CT molecular complexity index is 377. The third-order valence-electron chi connectivity index (χ3n) is 6.56. The molecule has 0 aliphatic heterocycles. The lowest BCUT2D eigenvalue weighted by atomic mass is 9.49. The van der Waals surface area contributed by atoms with Gasteiger partial charge in [0.05, 0.1) is 20.6 Å². The van der Waals surface area contributed by atoms with E-state index in [1.165, 1.54) is 75.4 Å². The van der Waals surface area contributed by atoms with Crippen molar-refractivity contribution in [1.29, 1.82) is 0 Å². The van der Waals surface area contributed by atoms with Gasteiger partial charge in [-0.15, -0.1) is 0 Å². The molecule has 0 spiro atoms. The summed E-state index contributed by atoms with van der Waals surface area (Å²) >= 11 is 0. The number of fused-ring (bicyclic) bond motifs is 1. The molecular formula is C21H40N+. The van der Waals surface area contributed by atoms with Gasteiger partial charge in [-0.05, 0) is 48.5 Å². The van der Waals surface area contributed by atoms with Crippen LogP contribution in [0.25, 0.3) is 0 Å². The predicted octanol–water partition coefficient (Wildman–Crippen LogP) is 5.81. The minimum Gasteiger partial charge on any atom is -0.325 e. The molecule has 0 aromatic heterocycles. The molecule has 0 N–H and O–H groups in total. The van der Waals surface area contributed by atoms with E-state index in [0.717, 1.165) is 11.8 Å². The molecule has 3 rings (SSSR count). The van der Waals surface area contributed by atoms with Crippen LogP contribution in [0, 0.1) is 17.3 Å². The Morgan fingerprint density at radius 3 is 2.27 bits per heavy atom. The molecule has 2 atom stereocenters. The van der Waals surface area contributed by atoms with Gasteiger partial charge in [0.1, 0.15) is 6.54 Å². The zero-order valence-corrected chi connectivity index (χ0v) is 16.0. The van der Waals surface area contributed by atoms with Gasteiger partial charge >= 0.3 is 0 Å². The topological polar surface area (TPSA) is 0 Å². The highest BCUT2D eigenvalue weighted by Crippen LogP contribution is 2.59. The first kappa shape index (κ1) is 18.0. The molecule has 0 amide bonds. The molecule has 128 valence electrons. The zero-order valence-electron chi connectivity index (χ0n) is 16.0. The second-order valence-electron chi connectivity index (χ2n) is 9.26. The molecule has 0 aromatic carbocycles. The number of allylic oxidation sites excluding steroid dienone is 1. The van der Waals surface area contributed by atoms with E-state index in [9.17, 15) is 0 Å². The normalized spacial score (nSPS) is 26.5. The summed E-state index contributed by atoms with van der Waals surface area (Å²) in [5.41, 5.74) is 2.36. The predicted molar refractivity (Wildman–Crippen MR) is 97.9 cm³/mol. The number of hydrogen-bond acceptors (Lipinski definition) is 0. The van der Waals surface area contributed by atoms with Crippen LogP contribution in [0.2, 0.25) is 0 Å². The number of unbranched alkanes of at least 4 members (excludes halogenated alkanes) is 6. The van der Waals surface area contributed by atoms with Gasteiger partial charge in [0.25, 0.3) is 0 Å². The average Bonchev–Trinajstić information content (AvgIpc) is 2.45. The van der Waals surface area contributed by atoms with E-state index < -0.39 is 0 Å². The molecule has 1 heteroatoms. The monoisotopic (exact) mass is 306 g/mol. The van der Waals surface area contributed by atoms with Crippen molar-refractivity contribution < 1.29 is 4.48 Å². The fraction of sp³-hybridized carbons (Fsp3) is 0.905. The highest BCUT2D eigenvalue weighted by molar-refractivity contribution is 5.23. The van der Waals surface area contributed by atoms with Crippen molar-refractivity contribution in [2.45, 2.75) is 78.6 Å². The zero-order chi connectivity index (χ0) is 16.2. The van der Waals surface area contributed by atoms with Crippen LogP contribution in [0.15, 0.2) is 11.6 Å². The molecule has 0 unspecified atom stereocenters. The smallest absolute Gasteiger partial charge is 0.100 e. The SMILES string of the molecule is CCCCCCCCC[N+](C)(C)CC1=CC[C@@H]2C[C@@H]1C2(C)C. The van der Waals surface area contributed by atoms with Crippen molar-refractivity contribution in [2.75, 3.05) is 27.2 Å². The highest BCUT2D eigenvalue weighted by atomic mass is 15.3. The van der Waals surface area contributed by atoms with E-state index in [2.05, 4.69) is 40.9 Å². The molecule has 22 heavy (non-hydrogen) atoms. The summed E-state index contributed by atoms with van der Waals surface area (Å²) in [5.74, 6) is 1.86. The van der Waals surface area contributed by atoms with Gasteiger partial charge in [0.15, 0.2) is 0 Å². The van der Waals surface area contributed by atoms with E-state index in [1.54, 1.807) is 5.57 Å². The summed E-state index contributed by atoms with van der Waals surface area (Å²) in [7, 11) is 4.88. The lowest BCUT2D eigenvalue weighted by molar-refractivity contribution is -0.886. The third-order valence-corrected chi connectivity index (χ3v) is 6.56. The first-order valence-electron chi connectivity index (χ1n) is 9.88. The van der Waals surface area contributed by atoms with E-state index in [1.807, 2.05) is 0 Å². The summed E-state index contributed by atoms with van der Waals surface area (Å²) in [6.07, 6.45) is 15.4. The average molecular weight is 307 g/mol. The Balaban J connectivity index is 1.67. The second kappa shape index (κ2) is 7.51. The lowest BCUT2D eigenvalue weighted by Gasteiger charge is -2.57. The van der Waals surface area contributed by atoms with Crippen molar-refractivity contribution in [3.8, 4) is 0 Å². The molecule has 1 nitrogen and oxygen atoms in total. The second-order valence-corrected chi connectivity index (χ2v) is 9.26. The van der Waals surface area contributed by atoms with Crippen LogP contribution >= 0.6 is 0 Å². The molecule has 2 bridgehead atoms. The minimum absolute atomic E-state index is 0.587. The summed E-state index contributed by atoms with van der Waals surface area (Å²) in [6.45, 7) is 9.92. The van der Waals surface area contributed by atoms with Crippen molar-refractivity contribution in [1.82, 2.24) is 0 Å². The molecule has 0 heterocycles. The quantitative estimate of drug-likeness (QED) is 0.271. The molecule has 1 saturated carbocycles. The Labute approximate surface area is 139 Å². The van der Waals surface area contributed by atoms with Gasteiger partial charge in [0.2, 0.25) is 0 Å². The maximum Gasteiger partial charge on any atom is 0.100 e. The molecule has 3 aliphatic rings. The summed E-state index contributed by atoms with van der Waals surface area (Å²) in [4.78, 5) is 0. The molecule has 0 saturated heterocycles. The van der Waals surface area contributed by atoms with Crippen LogP contribution in [0.1, 0.15) is 78.6 Å². The number of quaternary nitrogens is 1. The van der Waals surface area contributed by atoms with Crippen LogP contribution < -0.4 is 0 Å². The van der Waals surface area contributed by atoms with E-state index in [0.29, 0.717) is 5.41 Å². The standard InChI is InChI=1S/C21H40N/c1-6-7-8-9-10-11-12-15-22(4,5)17-18-13-14-19-16-20(18)21(19,2)3/h13,19-20H,6-12,14-17H2,1-5H3/q+1/t19-,20+/m1/s1. The maximum atomic E-state index is 2.59. The highest BCUT2D eigenvalue weighted by Gasteiger charge is 2.51. The van der Waals surface area contributed by atoms with Gasteiger partial charge in [-0.2, -0.15) is 0 Å². The lowest BCUT2D eigenvalue weighted by Crippen LogP contribution is -2.52. The largest absolute Gasteiger partial charge is 0.325 e. The van der Waals surface area contributed by atoms with Crippen molar-refractivity contribution in [3.63, 3.8) is 0 Å². The van der Waals surface area contributed by atoms with Gasteiger partial charge in [-0.25, -0.2) is 0 Å². The van der Waals surface area contributed by atoms with Crippen LogP contribution in [0.3, 0.4) is 0 Å². The van der Waals surface area contributed by atoms with Crippen molar-refractivity contribution in [3.05, 3.63) is 11.6 Å². The Kier molecular flexibility index (Phi) is 6.16. The minimum atomic E-state index is 0.587. The van der Waals surface area contributed by atoms with Gasteiger partial charge in [-0.3, -0.25) is 0 Å². The van der Waals surface area contributed by atoms with Gasteiger partial charge < -0.3 is 4.48 Å². The molecule has 3 aliphatic carbocycles. The summed E-state index contributed by atoms with van der Waals surface area (Å²) in [6, 6.07) is 0. The number of likely N-dealkylation sites (N-methyl/N-ethyl adjacent to an activating group) is 1. The fourth-order valence-electron chi connectivity index (χ4n) is 4.73. The van der Waals surface area contributed by atoms with Crippen molar-refractivity contribution in [2.24, 2.45) is 17.3 Å². The third kappa shape index (κ3) is 4.37. The van der Waals surface area contributed by atoms with Crippen LogP contribution in [0.5, 0.6) is 0 Å². The number of rotatable bonds is 10. The molecule has 0 radical (unpaired) electrons. The van der Waals surface area contributed by atoms with Gasteiger partial charge in [-0.1, -0.05) is 59.0 Å². The number of hydrogen-bond donors (Lipinski definition) is 0. The summed E-state index contributed by atoms with van der Waals surface area (Å²) < 4.78 is 1.19. The number of nitrogens with zero attached hydrogens (tertiary/aromatic N) is 1. The van der Waals surface area contributed by atoms with Crippen molar-refractivity contribution >= 4 is 0 Å². The molecule has 0 aromatic rings. The Morgan fingerprint density at radius 1 is 1.05 bits per heavy atom. The van der Waals surface area contributed by atoms with Crippen LogP contribution in [0.4, 0.5) is 0 Å². The fourth-order valence-corrected chi connectivity index (χ4v) is 4.73. The molecular weight excluding hydrogens is 266 g/mol. The Hall–Kier alpha value is -0.300. The first-order valence-corrected chi connectivity index (χ1v) is 9.88. The Morgan fingerprint density at radius 2 is 1.68 bits per heavy atom.